The number of amidine groups is 1. The minimum Gasteiger partial charge on any atom is -0.350 e. The Bertz CT molecular complexity index is 2800. The smallest absolute Gasteiger partial charge is 0.131 e. The molecular formula is C50H39N5. The van der Waals surface area contributed by atoms with Crippen molar-refractivity contribution in [1.29, 1.82) is 0 Å². The summed E-state index contributed by atoms with van der Waals surface area (Å²) in [6.07, 6.45) is 2.12. The lowest BCUT2D eigenvalue weighted by Crippen LogP contribution is -2.45. The number of nitrogens with one attached hydrogen (secondary N) is 2. The lowest BCUT2D eigenvalue weighted by atomic mass is 9.82. The normalized spacial score (nSPS) is 20.0. The number of para-hydroxylation sites is 3. The van der Waals surface area contributed by atoms with Gasteiger partial charge in [0.05, 0.1) is 11.6 Å². The van der Waals surface area contributed by atoms with Crippen LogP contribution in [-0.2, 0) is 0 Å². The molecule has 3 heterocycles. The molecule has 264 valence electrons. The van der Waals surface area contributed by atoms with Crippen molar-refractivity contribution < 1.29 is 0 Å². The van der Waals surface area contributed by atoms with E-state index >= 15 is 0 Å². The van der Waals surface area contributed by atoms with E-state index in [1.165, 1.54) is 66.7 Å². The van der Waals surface area contributed by atoms with Gasteiger partial charge in [-0.05, 0) is 58.5 Å². The van der Waals surface area contributed by atoms with Crippen molar-refractivity contribution in [1.82, 2.24) is 15.2 Å². The Morgan fingerprint density at radius 2 is 1.24 bits per heavy atom. The molecule has 3 aliphatic rings. The van der Waals surface area contributed by atoms with Crippen LogP contribution in [0.2, 0.25) is 0 Å². The summed E-state index contributed by atoms with van der Waals surface area (Å²) >= 11 is 0. The molecule has 55 heavy (non-hydrogen) atoms. The maximum Gasteiger partial charge on any atom is 0.131 e. The van der Waals surface area contributed by atoms with Crippen molar-refractivity contribution in [3.8, 4) is 5.69 Å². The number of hydrogen-bond acceptors (Lipinski definition) is 4. The average molecular weight is 710 g/mol. The number of hydrogen-bond donors (Lipinski definition) is 2. The minimum atomic E-state index is -0.201. The maximum absolute atomic E-state index is 5.18. The highest BCUT2D eigenvalue weighted by molar-refractivity contribution is 6.09. The van der Waals surface area contributed by atoms with Crippen LogP contribution in [0.25, 0.3) is 39.0 Å². The first-order valence-corrected chi connectivity index (χ1v) is 19.2. The van der Waals surface area contributed by atoms with Gasteiger partial charge in [-0.2, -0.15) is 0 Å². The number of benzene rings is 7. The van der Waals surface area contributed by atoms with Gasteiger partial charge in [0.15, 0.2) is 0 Å². The van der Waals surface area contributed by atoms with E-state index in [9.17, 15) is 0 Å². The Kier molecular flexibility index (Phi) is 7.36. The number of aromatic nitrogens is 1. The lowest BCUT2D eigenvalue weighted by molar-refractivity contribution is 0.411. The van der Waals surface area contributed by atoms with E-state index in [-0.39, 0.29) is 24.3 Å². The van der Waals surface area contributed by atoms with Gasteiger partial charge in [0.2, 0.25) is 0 Å². The SMILES string of the molecule is CC1c2c(c3ccccc3n2-c2ccccc2)C=C2c3ccccc3N(c3ccc(C4NC(c5ccccc5)=NC(c5ccccc5)N4)c4ccccc34)C21. The monoisotopic (exact) mass is 709 g/mol. The van der Waals surface area contributed by atoms with Crippen molar-refractivity contribution >= 4 is 50.5 Å². The second-order valence-corrected chi connectivity index (χ2v) is 14.8. The predicted octanol–water partition coefficient (Wildman–Crippen LogP) is 11.3. The zero-order valence-corrected chi connectivity index (χ0v) is 30.5. The molecule has 0 fully saturated rings. The van der Waals surface area contributed by atoms with Gasteiger partial charge >= 0.3 is 0 Å². The second-order valence-electron chi connectivity index (χ2n) is 14.8. The fourth-order valence-electron chi connectivity index (χ4n) is 9.39. The topological polar surface area (TPSA) is 44.6 Å². The summed E-state index contributed by atoms with van der Waals surface area (Å²) in [5.41, 5.74) is 13.7. The molecule has 5 heteroatoms. The molecule has 0 spiro atoms. The van der Waals surface area contributed by atoms with Crippen LogP contribution in [0, 0.1) is 0 Å². The molecule has 0 radical (unpaired) electrons. The van der Waals surface area contributed by atoms with Crippen LogP contribution in [0.3, 0.4) is 0 Å². The first kappa shape index (κ1) is 31.8. The molecule has 1 aliphatic carbocycles. The van der Waals surface area contributed by atoms with E-state index in [2.05, 4.69) is 209 Å². The molecule has 7 aromatic carbocycles. The van der Waals surface area contributed by atoms with E-state index in [0.29, 0.717) is 0 Å². The third-order valence-electron chi connectivity index (χ3n) is 11.8. The molecule has 1 aromatic heterocycles. The average Bonchev–Trinajstić information content (AvgIpc) is 3.78. The lowest BCUT2D eigenvalue weighted by Gasteiger charge is -2.37. The number of aliphatic imine (C=N–C) groups is 1. The van der Waals surface area contributed by atoms with Gasteiger partial charge in [0.1, 0.15) is 18.2 Å². The summed E-state index contributed by atoms with van der Waals surface area (Å²) in [5, 5.41) is 11.4. The minimum absolute atomic E-state index is 0.108. The summed E-state index contributed by atoms with van der Waals surface area (Å²) in [7, 11) is 0. The molecule has 0 saturated carbocycles. The highest BCUT2D eigenvalue weighted by Gasteiger charge is 2.44. The largest absolute Gasteiger partial charge is 0.350 e. The third kappa shape index (κ3) is 5.00. The zero-order chi connectivity index (χ0) is 36.5. The molecule has 0 saturated heterocycles. The van der Waals surface area contributed by atoms with Crippen LogP contribution in [0.4, 0.5) is 11.4 Å². The Balaban J connectivity index is 1.07. The number of nitrogens with zero attached hydrogens (tertiary/aromatic N) is 3. The molecule has 5 nitrogen and oxygen atoms in total. The van der Waals surface area contributed by atoms with Gasteiger partial charge < -0.3 is 14.8 Å². The summed E-state index contributed by atoms with van der Waals surface area (Å²) in [6, 6.07) is 63.4. The predicted molar refractivity (Wildman–Crippen MR) is 227 cm³/mol. The second kappa shape index (κ2) is 12.7. The van der Waals surface area contributed by atoms with Crippen LogP contribution in [-0.4, -0.2) is 16.4 Å². The fourth-order valence-corrected chi connectivity index (χ4v) is 9.39. The molecule has 8 aromatic rings. The van der Waals surface area contributed by atoms with Gasteiger partial charge in [0.25, 0.3) is 0 Å². The first-order chi connectivity index (χ1) is 27.2. The Morgan fingerprint density at radius 3 is 2.04 bits per heavy atom. The summed E-state index contributed by atoms with van der Waals surface area (Å²) in [5.74, 6) is 1.07. The van der Waals surface area contributed by atoms with E-state index in [4.69, 9.17) is 4.99 Å². The van der Waals surface area contributed by atoms with E-state index in [0.717, 1.165) is 17.0 Å². The summed E-state index contributed by atoms with van der Waals surface area (Å²) < 4.78 is 2.50. The van der Waals surface area contributed by atoms with Crippen molar-refractivity contribution in [3.63, 3.8) is 0 Å². The van der Waals surface area contributed by atoms with E-state index in [1.807, 2.05) is 0 Å². The van der Waals surface area contributed by atoms with Gasteiger partial charge in [-0.1, -0.05) is 153 Å². The molecule has 4 unspecified atom stereocenters. The van der Waals surface area contributed by atoms with Gasteiger partial charge in [-0.15, -0.1) is 0 Å². The van der Waals surface area contributed by atoms with Gasteiger partial charge in [0, 0.05) is 56.1 Å². The number of fused-ring (bicyclic) bond motifs is 7. The Hall–Kier alpha value is -6.69. The molecule has 11 rings (SSSR count). The van der Waals surface area contributed by atoms with Crippen LogP contribution in [0.5, 0.6) is 0 Å². The fraction of sp³-hybridized carbons (Fsp3) is 0.100. The zero-order valence-electron chi connectivity index (χ0n) is 30.5. The molecule has 4 atom stereocenters. The Morgan fingerprint density at radius 1 is 0.582 bits per heavy atom. The van der Waals surface area contributed by atoms with Crippen LogP contribution in [0.1, 0.15) is 58.7 Å². The number of rotatable bonds is 5. The van der Waals surface area contributed by atoms with Crippen molar-refractivity contribution in [2.24, 2.45) is 4.99 Å². The third-order valence-corrected chi connectivity index (χ3v) is 11.8. The number of anilines is 2. The van der Waals surface area contributed by atoms with E-state index in [1.54, 1.807) is 0 Å². The van der Waals surface area contributed by atoms with Crippen molar-refractivity contribution in [2.75, 3.05) is 4.90 Å². The summed E-state index contributed by atoms with van der Waals surface area (Å²) in [4.78, 5) is 7.80. The van der Waals surface area contributed by atoms with Crippen LogP contribution in [0.15, 0.2) is 181 Å². The van der Waals surface area contributed by atoms with Gasteiger partial charge in [-0.3, -0.25) is 5.32 Å². The maximum atomic E-state index is 5.18. The molecule has 2 N–H and O–H groups in total. The molecule has 0 bridgehead atoms. The first-order valence-electron chi connectivity index (χ1n) is 19.2. The molecule has 2 aliphatic heterocycles. The van der Waals surface area contributed by atoms with Crippen LogP contribution < -0.4 is 15.5 Å². The Labute approximate surface area is 320 Å². The highest BCUT2D eigenvalue weighted by Crippen LogP contribution is 2.55. The van der Waals surface area contributed by atoms with E-state index < -0.39 is 0 Å². The highest BCUT2D eigenvalue weighted by atomic mass is 15.3. The quantitative estimate of drug-likeness (QED) is 0.187. The molecular weight excluding hydrogens is 671 g/mol. The van der Waals surface area contributed by atoms with Gasteiger partial charge in [-0.25, -0.2) is 4.99 Å². The molecule has 0 amide bonds. The summed E-state index contributed by atoms with van der Waals surface area (Å²) in [6.45, 7) is 2.42. The standard InChI is InChI=1S/C50H39N5/c1-32-46-41(38-25-13-15-27-43(38)54(46)35-21-9-4-10-22-35)31-42-39-26-14-16-28-44(39)55(47(32)42)45-30-29-40(36-23-11-12-24-37(36)45)50-52-48(33-17-5-2-6-18-33)51-49(53-50)34-19-7-3-8-20-34/h2-32,47-48,50,52H,1H3,(H,51,53). The van der Waals surface area contributed by atoms with Crippen molar-refractivity contribution in [3.05, 3.63) is 209 Å². The van der Waals surface area contributed by atoms with Crippen LogP contribution >= 0.6 is 0 Å². The van der Waals surface area contributed by atoms with Crippen molar-refractivity contribution in [2.45, 2.75) is 31.2 Å².